The van der Waals surface area contributed by atoms with E-state index in [1.54, 1.807) is 23.9 Å². The molecule has 0 aliphatic rings. The van der Waals surface area contributed by atoms with Gasteiger partial charge in [-0.15, -0.1) is 11.3 Å². The number of furan rings is 1. The molecule has 5 aromatic rings. The lowest BCUT2D eigenvalue weighted by molar-refractivity contribution is -0.144. The third-order valence-electron chi connectivity index (χ3n) is 5.42. The van der Waals surface area contributed by atoms with Crippen molar-refractivity contribution in [1.29, 1.82) is 0 Å². The Hall–Kier alpha value is -3.79. The van der Waals surface area contributed by atoms with Crippen LogP contribution in [0.4, 0.5) is 19.0 Å². The molecule has 0 fully saturated rings. The molecule has 10 heteroatoms. The number of alkyl halides is 3. The first-order valence-electron chi connectivity index (χ1n) is 10.9. The molecule has 0 spiro atoms. The molecule has 1 N–H and O–H groups in total. The molecule has 0 aliphatic carbocycles. The molecule has 4 heterocycles. The Labute approximate surface area is 202 Å². The van der Waals surface area contributed by atoms with Gasteiger partial charge in [0.2, 0.25) is 5.82 Å². The highest BCUT2D eigenvalue weighted by Gasteiger charge is 2.34. The Morgan fingerprint density at radius 3 is 2.43 bits per heavy atom. The van der Waals surface area contributed by atoms with E-state index >= 15 is 0 Å². The van der Waals surface area contributed by atoms with Crippen molar-refractivity contribution in [3.63, 3.8) is 0 Å². The van der Waals surface area contributed by atoms with E-state index in [4.69, 9.17) is 9.40 Å². The summed E-state index contributed by atoms with van der Waals surface area (Å²) in [6, 6.07) is 11.6. The summed E-state index contributed by atoms with van der Waals surface area (Å²) in [6.07, 6.45) is 2.79. The Balaban J connectivity index is 1.22. The first kappa shape index (κ1) is 23.0. The zero-order valence-electron chi connectivity index (χ0n) is 18.6. The summed E-state index contributed by atoms with van der Waals surface area (Å²) < 4.78 is 43.1. The van der Waals surface area contributed by atoms with Gasteiger partial charge in [0.25, 0.3) is 0 Å². The highest BCUT2D eigenvalue weighted by Crippen LogP contribution is 2.31. The predicted octanol–water partition coefficient (Wildman–Crippen LogP) is 6.78. The van der Waals surface area contributed by atoms with Gasteiger partial charge in [0.05, 0.1) is 17.2 Å². The highest BCUT2D eigenvalue weighted by molar-refractivity contribution is 7.18. The summed E-state index contributed by atoms with van der Waals surface area (Å²) in [7, 11) is 0. The van der Waals surface area contributed by atoms with Gasteiger partial charge in [-0.25, -0.2) is 19.9 Å². The van der Waals surface area contributed by atoms with Crippen molar-refractivity contribution in [2.45, 2.75) is 25.9 Å². The molecule has 0 atom stereocenters. The molecular formula is C25H20F3N5OS. The van der Waals surface area contributed by atoms with Crippen LogP contribution in [0.1, 0.15) is 22.7 Å². The Bertz CT molecular complexity index is 1430. The SMILES string of the molecule is Cc1cc2c(NCCCc3ccc(-c4cnc(C(F)(F)F)nc4)cc3)nc(-c3ccoc3)nc2s1. The van der Waals surface area contributed by atoms with E-state index in [1.165, 1.54) is 17.3 Å². The molecule has 1 aromatic carbocycles. The molecular weight excluding hydrogens is 475 g/mol. The zero-order chi connectivity index (χ0) is 24.4. The number of thiophene rings is 1. The van der Waals surface area contributed by atoms with E-state index in [0.717, 1.165) is 52.1 Å². The summed E-state index contributed by atoms with van der Waals surface area (Å²) in [6.45, 7) is 2.77. The lowest BCUT2D eigenvalue weighted by Gasteiger charge is -2.09. The van der Waals surface area contributed by atoms with E-state index < -0.39 is 12.0 Å². The smallest absolute Gasteiger partial charge is 0.451 e. The number of anilines is 1. The van der Waals surface area contributed by atoms with Crippen molar-refractivity contribution in [2.24, 2.45) is 0 Å². The Morgan fingerprint density at radius 1 is 0.971 bits per heavy atom. The number of aromatic nitrogens is 4. The van der Waals surface area contributed by atoms with Gasteiger partial charge >= 0.3 is 6.18 Å². The number of fused-ring (bicyclic) bond motifs is 1. The number of hydrogen-bond acceptors (Lipinski definition) is 7. The quantitative estimate of drug-likeness (QED) is 0.251. The summed E-state index contributed by atoms with van der Waals surface area (Å²) in [5.41, 5.74) is 3.27. The topological polar surface area (TPSA) is 76.7 Å². The molecule has 0 saturated carbocycles. The molecule has 5 rings (SSSR count). The molecule has 0 amide bonds. The van der Waals surface area contributed by atoms with Crippen LogP contribution in [0.3, 0.4) is 0 Å². The van der Waals surface area contributed by atoms with E-state index in [1.807, 2.05) is 37.3 Å². The maximum absolute atomic E-state index is 12.7. The molecule has 0 radical (unpaired) electrons. The summed E-state index contributed by atoms with van der Waals surface area (Å²) >= 11 is 1.63. The molecule has 178 valence electrons. The van der Waals surface area contributed by atoms with Crippen LogP contribution < -0.4 is 5.32 Å². The third kappa shape index (κ3) is 5.17. The maximum Gasteiger partial charge on any atom is 0.451 e. The van der Waals surface area contributed by atoms with Crippen LogP contribution in [0.5, 0.6) is 0 Å². The minimum Gasteiger partial charge on any atom is -0.472 e. The van der Waals surface area contributed by atoms with Gasteiger partial charge in [-0.3, -0.25) is 0 Å². The van der Waals surface area contributed by atoms with E-state index in [2.05, 4.69) is 26.3 Å². The normalized spacial score (nSPS) is 11.8. The number of nitrogens with one attached hydrogen (secondary N) is 1. The molecule has 0 bridgehead atoms. The van der Waals surface area contributed by atoms with Crippen molar-refractivity contribution >= 4 is 27.4 Å². The third-order valence-corrected chi connectivity index (χ3v) is 6.37. The average Bonchev–Trinajstić information content (AvgIpc) is 3.51. The molecule has 0 aliphatic heterocycles. The van der Waals surface area contributed by atoms with Crippen molar-refractivity contribution in [3.8, 4) is 22.5 Å². The highest BCUT2D eigenvalue weighted by atomic mass is 32.1. The number of halogens is 3. The predicted molar refractivity (Wildman–Crippen MR) is 129 cm³/mol. The van der Waals surface area contributed by atoms with Gasteiger partial charge in [-0.05, 0) is 43.0 Å². The van der Waals surface area contributed by atoms with E-state index in [-0.39, 0.29) is 0 Å². The fourth-order valence-corrected chi connectivity index (χ4v) is 4.56. The summed E-state index contributed by atoms with van der Waals surface area (Å²) in [5, 5.41) is 4.45. The van der Waals surface area contributed by atoms with Crippen LogP contribution in [-0.4, -0.2) is 26.5 Å². The van der Waals surface area contributed by atoms with Crippen LogP contribution in [0.2, 0.25) is 0 Å². The number of hydrogen-bond donors (Lipinski definition) is 1. The van der Waals surface area contributed by atoms with Gasteiger partial charge in [0, 0.05) is 29.4 Å². The molecule has 0 unspecified atom stereocenters. The molecule has 0 saturated heterocycles. The van der Waals surface area contributed by atoms with Crippen LogP contribution in [0.15, 0.2) is 65.7 Å². The van der Waals surface area contributed by atoms with Gasteiger partial charge in [-0.2, -0.15) is 13.2 Å². The summed E-state index contributed by atoms with van der Waals surface area (Å²) in [5.74, 6) is 0.285. The Kier molecular flexibility index (Phi) is 6.21. The van der Waals surface area contributed by atoms with Gasteiger partial charge < -0.3 is 9.73 Å². The number of rotatable bonds is 7. The molecule has 35 heavy (non-hydrogen) atoms. The van der Waals surface area contributed by atoms with Crippen LogP contribution >= 0.6 is 11.3 Å². The average molecular weight is 496 g/mol. The summed E-state index contributed by atoms with van der Waals surface area (Å²) in [4.78, 5) is 18.3. The maximum atomic E-state index is 12.7. The van der Waals surface area contributed by atoms with Crippen molar-refractivity contribution in [2.75, 3.05) is 11.9 Å². The number of aryl methyl sites for hydroxylation is 2. The van der Waals surface area contributed by atoms with E-state index in [9.17, 15) is 13.2 Å². The second kappa shape index (κ2) is 9.46. The molecule has 6 nitrogen and oxygen atoms in total. The lowest BCUT2D eigenvalue weighted by atomic mass is 10.0. The van der Waals surface area contributed by atoms with Crippen LogP contribution in [0, 0.1) is 6.92 Å². The zero-order valence-corrected chi connectivity index (χ0v) is 19.5. The Morgan fingerprint density at radius 2 is 1.74 bits per heavy atom. The number of nitrogens with zero attached hydrogens (tertiary/aromatic N) is 4. The minimum atomic E-state index is -4.54. The first-order valence-corrected chi connectivity index (χ1v) is 11.7. The van der Waals surface area contributed by atoms with Crippen molar-refractivity contribution < 1.29 is 17.6 Å². The van der Waals surface area contributed by atoms with Crippen LogP contribution in [0.25, 0.3) is 32.7 Å². The largest absolute Gasteiger partial charge is 0.472 e. The second-order valence-corrected chi connectivity index (χ2v) is 9.24. The standard InChI is InChI=1S/C25H20F3N5OS/c1-15-11-20-22(32-21(33-23(20)35-15)18-8-10-34-14-18)29-9-2-3-16-4-6-17(7-5-16)19-12-30-24(31-13-19)25(26,27)28/h4-8,10-14H,2-3,9H2,1H3,(H,29,32,33). The fourth-order valence-electron chi connectivity index (χ4n) is 3.68. The second-order valence-electron chi connectivity index (χ2n) is 8.00. The molecule has 4 aromatic heterocycles. The fraction of sp³-hybridized carbons (Fsp3) is 0.200. The van der Waals surface area contributed by atoms with Crippen molar-refractivity contribution in [3.05, 3.63) is 77.6 Å². The monoisotopic (exact) mass is 495 g/mol. The minimum absolute atomic E-state index is 0.540. The van der Waals surface area contributed by atoms with Gasteiger partial charge in [0.1, 0.15) is 16.9 Å². The van der Waals surface area contributed by atoms with E-state index in [0.29, 0.717) is 11.4 Å². The van der Waals surface area contributed by atoms with Gasteiger partial charge in [-0.1, -0.05) is 24.3 Å². The first-order chi connectivity index (χ1) is 16.9. The van der Waals surface area contributed by atoms with Crippen molar-refractivity contribution in [1.82, 2.24) is 19.9 Å². The van der Waals surface area contributed by atoms with Gasteiger partial charge in [0.15, 0.2) is 5.82 Å². The number of benzene rings is 1. The van der Waals surface area contributed by atoms with Crippen LogP contribution in [-0.2, 0) is 12.6 Å². The lowest BCUT2D eigenvalue weighted by Crippen LogP contribution is -2.10.